The van der Waals surface area contributed by atoms with Crippen LogP contribution in [0, 0.1) is 0 Å². The van der Waals surface area contributed by atoms with Gasteiger partial charge in [-0.2, -0.15) is 0 Å². The van der Waals surface area contributed by atoms with Crippen LogP contribution < -0.4 is 0 Å². The SMILES string of the molecule is CCCS(=O)(=O)N1CCCC(c2ncc(-c3ccccc3)[nH]2)C1. The summed E-state index contributed by atoms with van der Waals surface area (Å²) in [6.45, 7) is 3.06. The molecule has 1 unspecified atom stereocenters. The summed E-state index contributed by atoms with van der Waals surface area (Å²) in [5.41, 5.74) is 2.08. The summed E-state index contributed by atoms with van der Waals surface area (Å²) in [5.74, 6) is 1.26. The second kappa shape index (κ2) is 6.84. The Morgan fingerprint density at radius 1 is 1.30 bits per heavy atom. The summed E-state index contributed by atoms with van der Waals surface area (Å²) in [7, 11) is -3.13. The highest BCUT2D eigenvalue weighted by atomic mass is 32.2. The fraction of sp³-hybridized carbons (Fsp3) is 0.471. The van der Waals surface area contributed by atoms with Crippen LogP contribution in [0.1, 0.15) is 37.9 Å². The van der Waals surface area contributed by atoms with Crippen molar-refractivity contribution in [2.24, 2.45) is 0 Å². The molecule has 1 aliphatic heterocycles. The molecule has 0 bridgehead atoms. The highest BCUT2D eigenvalue weighted by Gasteiger charge is 2.30. The molecule has 1 aromatic carbocycles. The molecule has 5 nitrogen and oxygen atoms in total. The van der Waals surface area contributed by atoms with Crippen LogP contribution in [0.25, 0.3) is 11.3 Å². The first-order valence-electron chi connectivity index (χ1n) is 8.18. The second-order valence-electron chi connectivity index (χ2n) is 6.06. The molecule has 2 aromatic rings. The van der Waals surface area contributed by atoms with E-state index in [2.05, 4.69) is 9.97 Å². The predicted octanol–water partition coefficient (Wildman–Crippen LogP) is 3.00. The molecule has 0 amide bonds. The van der Waals surface area contributed by atoms with Crippen molar-refractivity contribution in [1.82, 2.24) is 14.3 Å². The van der Waals surface area contributed by atoms with Gasteiger partial charge >= 0.3 is 0 Å². The molecular formula is C17H23N3O2S. The molecule has 1 fully saturated rings. The van der Waals surface area contributed by atoms with Crippen molar-refractivity contribution in [3.8, 4) is 11.3 Å². The van der Waals surface area contributed by atoms with E-state index < -0.39 is 10.0 Å². The molecule has 1 atom stereocenters. The van der Waals surface area contributed by atoms with Gasteiger partial charge in [-0.05, 0) is 24.8 Å². The van der Waals surface area contributed by atoms with Gasteiger partial charge in [0, 0.05) is 19.0 Å². The van der Waals surface area contributed by atoms with Crippen LogP contribution in [0.3, 0.4) is 0 Å². The number of piperidine rings is 1. The lowest BCUT2D eigenvalue weighted by Gasteiger charge is -2.30. The Morgan fingerprint density at radius 3 is 2.83 bits per heavy atom. The third kappa shape index (κ3) is 3.64. The summed E-state index contributed by atoms with van der Waals surface area (Å²) < 4.78 is 26.2. The Labute approximate surface area is 137 Å². The zero-order chi connectivity index (χ0) is 16.3. The summed E-state index contributed by atoms with van der Waals surface area (Å²) in [6.07, 6.45) is 4.35. The molecule has 1 aliphatic rings. The third-order valence-electron chi connectivity index (χ3n) is 4.31. The van der Waals surface area contributed by atoms with Gasteiger partial charge in [0.1, 0.15) is 5.82 Å². The van der Waals surface area contributed by atoms with Crippen LogP contribution in [0.2, 0.25) is 0 Å². The third-order valence-corrected chi connectivity index (χ3v) is 6.35. The number of imidazole rings is 1. The summed E-state index contributed by atoms with van der Waals surface area (Å²) in [6, 6.07) is 10.1. The molecule has 1 aromatic heterocycles. The Kier molecular flexibility index (Phi) is 4.82. The Morgan fingerprint density at radius 2 is 2.09 bits per heavy atom. The quantitative estimate of drug-likeness (QED) is 0.915. The van der Waals surface area contributed by atoms with E-state index in [1.165, 1.54) is 0 Å². The Hall–Kier alpha value is -1.66. The number of nitrogens with zero attached hydrogens (tertiary/aromatic N) is 2. The van der Waals surface area contributed by atoms with Gasteiger partial charge in [-0.1, -0.05) is 37.3 Å². The minimum absolute atomic E-state index is 0.146. The number of H-pyrrole nitrogens is 1. The number of nitrogens with one attached hydrogen (secondary N) is 1. The molecule has 1 N–H and O–H groups in total. The topological polar surface area (TPSA) is 66.1 Å². The summed E-state index contributed by atoms with van der Waals surface area (Å²) in [5, 5.41) is 0. The van der Waals surface area contributed by atoms with E-state index in [0.717, 1.165) is 29.9 Å². The molecule has 124 valence electrons. The van der Waals surface area contributed by atoms with Crippen molar-refractivity contribution in [1.29, 1.82) is 0 Å². The first kappa shape index (κ1) is 16.2. The van der Waals surface area contributed by atoms with Gasteiger partial charge in [0.25, 0.3) is 0 Å². The van der Waals surface area contributed by atoms with Gasteiger partial charge in [-0.3, -0.25) is 0 Å². The largest absolute Gasteiger partial charge is 0.342 e. The van der Waals surface area contributed by atoms with Crippen LogP contribution in [0.4, 0.5) is 0 Å². The number of benzene rings is 1. The molecule has 0 radical (unpaired) electrons. The van der Waals surface area contributed by atoms with E-state index in [1.807, 2.05) is 43.5 Å². The van der Waals surface area contributed by atoms with E-state index in [1.54, 1.807) is 4.31 Å². The van der Waals surface area contributed by atoms with E-state index in [4.69, 9.17) is 0 Å². The highest BCUT2D eigenvalue weighted by Crippen LogP contribution is 2.28. The van der Waals surface area contributed by atoms with E-state index in [9.17, 15) is 8.42 Å². The fourth-order valence-corrected chi connectivity index (χ4v) is 4.70. The molecule has 2 heterocycles. The first-order valence-corrected chi connectivity index (χ1v) is 9.79. The van der Waals surface area contributed by atoms with Crippen LogP contribution in [0.15, 0.2) is 36.5 Å². The van der Waals surface area contributed by atoms with Crippen molar-refractivity contribution in [2.45, 2.75) is 32.1 Å². The van der Waals surface area contributed by atoms with Gasteiger partial charge in [0.05, 0.1) is 17.6 Å². The summed E-state index contributed by atoms with van der Waals surface area (Å²) in [4.78, 5) is 7.87. The normalized spacial score (nSPS) is 19.8. The minimum atomic E-state index is -3.13. The Balaban J connectivity index is 1.76. The maximum absolute atomic E-state index is 12.3. The molecule has 0 aliphatic carbocycles. The van der Waals surface area contributed by atoms with Crippen molar-refractivity contribution < 1.29 is 8.42 Å². The number of aromatic nitrogens is 2. The van der Waals surface area contributed by atoms with Gasteiger partial charge in [0.2, 0.25) is 10.0 Å². The van der Waals surface area contributed by atoms with Crippen molar-refractivity contribution >= 4 is 10.0 Å². The first-order chi connectivity index (χ1) is 11.1. The lowest BCUT2D eigenvalue weighted by atomic mass is 9.99. The lowest BCUT2D eigenvalue weighted by molar-refractivity contribution is 0.310. The number of aromatic amines is 1. The van der Waals surface area contributed by atoms with Crippen LogP contribution in [-0.2, 0) is 10.0 Å². The maximum Gasteiger partial charge on any atom is 0.214 e. The average molecular weight is 333 g/mol. The van der Waals surface area contributed by atoms with E-state index in [-0.39, 0.29) is 11.7 Å². The molecule has 6 heteroatoms. The highest BCUT2D eigenvalue weighted by molar-refractivity contribution is 7.89. The van der Waals surface area contributed by atoms with E-state index in [0.29, 0.717) is 19.5 Å². The fourth-order valence-electron chi connectivity index (χ4n) is 3.11. The smallest absolute Gasteiger partial charge is 0.214 e. The van der Waals surface area contributed by atoms with Gasteiger partial charge < -0.3 is 4.98 Å². The number of hydrogen-bond acceptors (Lipinski definition) is 3. The number of hydrogen-bond donors (Lipinski definition) is 1. The zero-order valence-corrected chi connectivity index (χ0v) is 14.2. The molecule has 0 saturated carbocycles. The molecule has 3 rings (SSSR count). The van der Waals surface area contributed by atoms with Crippen LogP contribution in [-0.4, -0.2) is 41.5 Å². The second-order valence-corrected chi connectivity index (χ2v) is 8.15. The molecule has 0 spiro atoms. The maximum atomic E-state index is 12.3. The summed E-state index contributed by atoms with van der Waals surface area (Å²) >= 11 is 0. The lowest BCUT2D eigenvalue weighted by Crippen LogP contribution is -2.40. The van der Waals surface area contributed by atoms with Crippen LogP contribution in [0.5, 0.6) is 0 Å². The molecular weight excluding hydrogens is 310 g/mol. The van der Waals surface area contributed by atoms with Gasteiger partial charge in [-0.15, -0.1) is 0 Å². The van der Waals surface area contributed by atoms with Crippen LogP contribution >= 0.6 is 0 Å². The molecule has 23 heavy (non-hydrogen) atoms. The van der Waals surface area contributed by atoms with Gasteiger partial charge in [0.15, 0.2) is 0 Å². The number of rotatable bonds is 5. The zero-order valence-electron chi connectivity index (χ0n) is 13.4. The minimum Gasteiger partial charge on any atom is -0.342 e. The Bertz CT molecular complexity index is 740. The monoisotopic (exact) mass is 333 g/mol. The number of sulfonamides is 1. The van der Waals surface area contributed by atoms with Crippen molar-refractivity contribution in [3.63, 3.8) is 0 Å². The van der Waals surface area contributed by atoms with E-state index >= 15 is 0 Å². The standard InChI is InChI=1S/C17H23N3O2S/c1-2-11-23(21,22)20-10-6-9-15(13-20)17-18-12-16(19-17)14-7-4-3-5-8-14/h3-5,7-8,12,15H,2,6,9-11,13H2,1H3,(H,18,19). The molecule has 1 saturated heterocycles. The van der Waals surface area contributed by atoms with Gasteiger partial charge in [-0.25, -0.2) is 17.7 Å². The predicted molar refractivity (Wildman–Crippen MR) is 91.6 cm³/mol. The average Bonchev–Trinajstić information content (AvgIpc) is 3.06. The van der Waals surface area contributed by atoms with Crippen molar-refractivity contribution in [3.05, 3.63) is 42.4 Å². The van der Waals surface area contributed by atoms with Crippen molar-refractivity contribution in [2.75, 3.05) is 18.8 Å².